The van der Waals surface area contributed by atoms with Crippen LogP contribution in [0.3, 0.4) is 0 Å². The molecule has 0 saturated carbocycles. The fraction of sp³-hybridized carbons (Fsp3) is 0.467. The number of benzene rings is 1. The molecule has 23 heavy (non-hydrogen) atoms. The molecule has 126 valence electrons. The van der Waals surface area contributed by atoms with E-state index in [1.54, 1.807) is 6.07 Å². The first kappa shape index (κ1) is 17.3. The number of hydrogen-bond donors (Lipinski definition) is 3. The second-order valence-corrected chi connectivity index (χ2v) is 7.76. The molecular weight excluding hydrogens is 318 g/mol. The van der Waals surface area contributed by atoms with Gasteiger partial charge in [0.05, 0.1) is 18.1 Å². The fourth-order valence-corrected chi connectivity index (χ4v) is 4.07. The van der Waals surface area contributed by atoms with Crippen molar-refractivity contribution in [2.75, 3.05) is 23.4 Å². The van der Waals surface area contributed by atoms with Gasteiger partial charge in [0.25, 0.3) is 0 Å². The molecule has 0 radical (unpaired) electrons. The Labute approximate surface area is 135 Å². The van der Waals surface area contributed by atoms with E-state index in [0.29, 0.717) is 12.1 Å². The summed E-state index contributed by atoms with van der Waals surface area (Å²) < 4.78 is 22.6. The molecule has 1 aromatic carbocycles. The summed E-state index contributed by atoms with van der Waals surface area (Å²) in [6.45, 7) is 1.82. The number of carbonyl (C=O) groups excluding carboxylic acids is 2. The maximum Gasteiger partial charge on any atom is 0.319 e. The Morgan fingerprint density at radius 2 is 2.09 bits per heavy atom. The van der Waals surface area contributed by atoms with E-state index >= 15 is 0 Å². The number of sulfone groups is 1. The van der Waals surface area contributed by atoms with E-state index < -0.39 is 21.8 Å². The van der Waals surface area contributed by atoms with Gasteiger partial charge in [0.15, 0.2) is 9.84 Å². The maximum atomic E-state index is 11.8. The van der Waals surface area contributed by atoms with Crippen LogP contribution in [0.4, 0.5) is 10.5 Å². The molecular formula is C15H21N3O4S. The molecule has 0 spiro atoms. The number of urea groups is 1. The van der Waals surface area contributed by atoms with Crippen LogP contribution in [0.25, 0.3) is 0 Å². The SMILES string of the molecule is CCc1cccc(NC(=O)NCC(=O)N[C@H]2CCS(=O)(=O)C2)c1. The van der Waals surface area contributed by atoms with E-state index in [1.807, 2.05) is 25.1 Å². The van der Waals surface area contributed by atoms with Crippen LogP contribution < -0.4 is 16.0 Å². The van der Waals surface area contributed by atoms with E-state index in [9.17, 15) is 18.0 Å². The van der Waals surface area contributed by atoms with Crippen molar-refractivity contribution >= 4 is 27.5 Å². The van der Waals surface area contributed by atoms with Gasteiger partial charge in [-0.05, 0) is 30.5 Å². The van der Waals surface area contributed by atoms with E-state index in [0.717, 1.165) is 12.0 Å². The van der Waals surface area contributed by atoms with E-state index in [2.05, 4.69) is 16.0 Å². The molecule has 1 saturated heterocycles. The van der Waals surface area contributed by atoms with Crippen LogP contribution in [0.1, 0.15) is 18.9 Å². The lowest BCUT2D eigenvalue weighted by Crippen LogP contribution is -2.43. The molecule has 1 atom stereocenters. The highest BCUT2D eigenvalue weighted by Gasteiger charge is 2.28. The molecule has 0 aromatic heterocycles. The summed E-state index contributed by atoms with van der Waals surface area (Å²) in [6, 6.07) is 6.60. The van der Waals surface area contributed by atoms with Crippen LogP contribution in [0, 0.1) is 0 Å². The Kier molecular flexibility index (Phi) is 5.59. The third-order valence-electron chi connectivity index (χ3n) is 3.60. The van der Waals surface area contributed by atoms with Crippen molar-refractivity contribution in [3.05, 3.63) is 29.8 Å². The molecule has 0 unspecified atom stereocenters. The molecule has 3 amide bonds. The lowest BCUT2D eigenvalue weighted by Gasteiger charge is -2.12. The number of aryl methyl sites for hydroxylation is 1. The number of anilines is 1. The number of rotatable bonds is 5. The summed E-state index contributed by atoms with van der Waals surface area (Å²) in [6.07, 6.45) is 1.29. The third-order valence-corrected chi connectivity index (χ3v) is 5.37. The van der Waals surface area contributed by atoms with Crippen LogP contribution in [0.2, 0.25) is 0 Å². The number of hydrogen-bond acceptors (Lipinski definition) is 4. The van der Waals surface area contributed by atoms with Crippen molar-refractivity contribution in [2.24, 2.45) is 0 Å². The lowest BCUT2D eigenvalue weighted by molar-refractivity contribution is -0.120. The second kappa shape index (κ2) is 7.45. The van der Waals surface area contributed by atoms with Gasteiger partial charge in [0.1, 0.15) is 0 Å². The van der Waals surface area contributed by atoms with Crippen molar-refractivity contribution in [3.63, 3.8) is 0 Å². The van der Waals surface area contributed by atoms with Gasteiger partial charge in [-0.15, -0.1) is 0 Å². The first-order valence-electron chi connectivity index (χ1n) is 7.51. The van der Waals surface area contributed by atoms with Gasteiger partial charge in [0.2, 0.25) is 5.91 Å². The van der Waals surface area contributed by atoms with Crippen LogP contribution in [0.15, 0.2) is 24.3 Å². The molecule has 0 aliphatic carbocycles. The Balaban J connectivity index is 1.74. The highest BCUT2D eigenvalue weighted by atomic mass is 32.2. The van der Waals surface area contributed by atoms with Crippen LogP contribution in [0.5, 0.6) is 0 Å². The third kappa shape index (κ3) is 5.55. The number of nitrogens with one attached hydrogen (secondary N) is 3. The molecule has 1 aromatic rings. The van der Waals surface area contributed by atoms with Gasteiger partial charge in [-0.2, -0.15) is 0 Å². The number of amides is 3. The topological polar surface area (TPSA) is 104 Å². The van der Waals surface area contributed by atoms with Crippen molar-refractivity contribution in [2.45, 2.75) is 25.8 Å². The maximum absolute atomic E-state index is 11.8. The lowest BCUT2D eigenvalue weighted by atomic mass is 10.1. The van der Waals surface area contributed by atoms with Gasteiger partial charge in [-0.1, -0.05) is 19.1 Å². The van der Waals surface area contributed by atoms with E-state index in [4.69, 9.17) is 0 Å². The second-order valence-electron chi connectivity index (χ2n) is 5.53. The molecule has 1 fully saturated rings. The molecule has 2 rings (SSSR count). The molecule has 1 aliphatic rings. The Morgan fingerprint density at radius 3 is 2.74 bits per heavy atom. The monoisotopic (exact) mass is 339 g/mol. The zero-order chi connectivity index (χ0) is 16.9. The van der Waals surface area contributed by atoms with Crippen molar-refractivity contribution in [1.82, 2.24) is 10.6 Å². The molecule has 7 nitrogen and oxygen atoms in total. The van der Waals surface area contributed by atoms with Crippen LogP contribution in [-0.2, 0) is 21.1 Å². The number of carbonyl (C=O) groups is 2. The van der Waals surface area contributed by atoms with E-state index in [-0.39, 0.29) is 24.1 Å². The van der Waals surface area contributed by atoms with Gasteiger partial charge in [0, 0.05) is 11.7 Å². The summed E-state index contributed by atoms with van der Waals surface area (Å²) in [4.78, 5) is 23.5. The van der Waals surface area contributed by atoms with Gasteiger partial charge in [-0.25, -0.2) is 13.2 Å². The largest absolute Gasteiger partial charge is 0.351 e. The standard InChI is InChI=1S/C15H21N3O4S/c1-2-11-4-3-5-12(8-11)18-15(20)16-9-14(19)17-13-6-7-23(21,22)10-13/h3-5,8,13H,2,6-7,9-10H2,1H3,(H,17,19)(H2,16,18,20)/t13-/m0/s1. The molecule has 1 heterocycles. The zero-order valence-corrected chi connectivity index (χ0v) is 13.8. The van der Waals surface area contributed by atoms with Gasteiger partial charge < -0.3 is 16.0 Å². The minimum absolute atomic E-state index is 0.0330. The Hall–Kier alpha value is -2.09. The molecule has 0 bridgehead atoms. The van der Waals surface area contributed by atoms with Gasteiger partial charge >= 0.3 is 6.03 Å². The minimum atomic E-state index is -3.03. The average Bonchev–Trinajstić information content (AvgIpc) is 2.84. The van der Waals surface area contributed by atoms with Crippen molar-refractivity contribution in [3.8, 4) is 0 Å². The molecule has 3 N–H and O–H groups in total. The summed E-state index contributed by atoms with van der Waals surface area (Å²) in [7, 11) is -3.03. The van der Waals surface area contributed by atoms with Gasteiger partial charge in [-0.3, -0.25) is 4.79 Å². The summed E-state index contributed by atoms with van der Waals surface area (Å²) in [5, 5.41) is 7.72. The minimum Gasteiger partial charge on any atom is -0.351 e. The van der Waals surface area contributed by atoms with Crippen molar-refractivity contribution < 1.29 is 18.0 Å². The fourth-order valence-electron chi connectivity index (χ4n) is 2.39. The smallest absolute Gasteiger partial charge is 0.319 e. The van der Waals surface area contributed by atoms with E-state index in [1.165, 1.54) is 0 Å². The Bertz CT molecular complexity index is 688. The predicted molar refractivity (Wildman–Crippen MR) is 88.0 cm³/mol. The summed E-state index contributed by atoms with van der Waals surface area (Å²) >= 11 is 0. The highest BCUT2D eigenvalue weighted by molar-refractivity contribution is 7.91. The van der Waals surface area contributed by atoms with Crippen LogP contribution >= 0.6 is 0 Å². The average molecular weight is 339 g/mol. The molecule has 1 aliphatic heterocycles. The normalized spacial score (nSPS) is 19.1. The zero-order valence-electron chi connectivity index (χ0n) is 13.0. The summed E-state index contributed by atoms with van der Waals surface area (Å²) in [5.41, 5.74) is 1.76. The first-order chi connectivity index (χ1) is 10.9. The summed E-state index contributed by atoms with van der Waals surface area (Å²) in [5.74, 6) is -0.335. The first-order valence-corrected chi connectivity index (χ1v) is 9.33. The quantitative estimate of drug-likeness (QED) is 0.733. The Morgan fingerprint density at radius 1 is 1.30 bits per heavy atom. The van der Waals surface area contributed by atoms with Crippen LogP contribution in [-0.4, -0.2) is 44.4 Å². The highest BCUT2D eigenvalue weighted by Crippen LogP contribution is 2.11. The molecule has 8 heteroatoms. The van der Waals surface area contributed by atoms with Crippen molar-refractivity contribution in [1.29, 1.82) is 0 Å². The predicted octanol–water partition coefficient (Wildman–Crippen LogP) is 0.674.